The largest absolute Gasteiger partial charge is 0.307 e. The van der Waals surface area contributed by atoms with E-state index in [9.17, 15) is 4.79 Å². The Bertz CT molecular complexity index is 682. The summed E-state index contributed by atoms with van der Waals surface area (Å²) in [4.78, 5) is 16.4. The predicted octanol–water partition coefficient (Wildman–Crippen LogP) is 3.89. The minimum atomic E-state index is -0.103. The highest BCUT2D eigenvalue weighted by Gasteiger charge is 2.14. The van der Waals surface area contributed by atoms with Gasteiger partial charge in [-0.05, 0) is 77.0 Å². The van der Waals surface area contributed by atoms with Crippen LogP contribution in [-0.4, -0.2) is 10.9 Å². The lowest BCUT2D eigenvalue weighted by atomic mass is 10.1. The fraction of sp³-hybridized carbons (Fsp3) is 0.250. The van der Waals surface area contributed by atoms with Crippen LogP contribution in [0.4, 0.5) is 5.82 Å². The Kier molecular flexibility index (Phi) is 3.57. The molecule has 0 aliphatic heterocycles. The van der Waals surface area contributed by atoms with Crippen LogP contribution >= 0.6 is 15.9 Å². The van der Waals surface area contributed by atoms with E-state index in [1.165, 1.54) is 17.5 Å². The lowest BCUT2D eigenvalue weighted by Crippen LogP contribution is -2.13. The van der Waals surface area contributed by atoms with E-state index in [1.807, 2.05) is 25.1 Å². The fourth-order valence-corrected chi connectivity index (χ4v) is 2.73. The van der Waals surface area contributed by atoms with E-state index < -0.39 is 0 Å². The highest BCUT2D eigenvalue weighted by molar-refractivity contribution is 9.10. The Balaban J connectivity index is 1.80. The number of halogens is 1. The molecule has 102 valence electrons. The molecule has 1 heterocycles. The summed E-state index contributed by atoms with van der Waals surface area (Å²) in [6.45, 7) is 1.97. The third-order valence-corrected chi connectivity index (χ3v) is 4.48. The van der Waals surface area contributed by atoms with Crippen molar-refractivity contribution in [3.8, 4) is 0 Å². The van der Waals surface area contributed by atoms with E-state index in [4.69, 9.17) is 0 Å². The molecule has 1 aromatic carbocycles. The van der Waals surface area contributed by atoms with Gasteiger partial charge < -0.3 is 5.32 Å². The molecule has 1 N–H and O–H groups in total. The quantitative estimate of drug-likeness (QED) is 0.907. The third kappa shape index (κ3) is 2.61. The first kappa shape index (κ1) is 13.3. The van der Waals surface area contributed by atoms with Crippen molar-refractivity contribution in [3.05, 3.63) is 57.2 Å². The van der Waals surface area contributed by atoms with Crippen LogP contribution in [0.3, 0.4) is 0 Å². The average Bonchev–Trinajstić information content (AvgIpc) is 2.90. The molecular formula is C16H15BrN2O. The zero-order valence-corrected chi connectivity index (χ0v) is 12.8. The Morgan fingerprint density at radius 2 is 2.05 bits per heavy atom. The second kappa shape index (κ2) is 5.37. The zero-order chi connectivity index (χ0) is 14.1. The molecule has 2 aromatic rings. The van der Waals surface area contributed by atoms with Gasteiger partial charge in [0, 0.05) is 16.2 Å². The molecule has 1 aliphatic carbocycles. The number of fused-ring (bicyclic) bond motifs is 1. The predicted molar refractivity (Wildman–Crippen MR) is 83.1 cm³/mol. The number of aromatic nitrogens is 1. The summed E-state index contributed by atoms with van der Waals surface area (Å²) in [5.74, 6) is 0.477. The number of rotatable bonds is 2. The first-order valence-corrected chi connectivity index (χ1v) is 7.48. The molecule has 1 aromatic heterocycles. The van der Waals surface area contributed by atoms with Gasteiger partial charge in [-0.2, -0.15) is 0 Å². The van der Waals surface area contributed by atoms with Crippen LogP contribution in [0.15, 0.2) is 34.9 Å². The number of hydrogen-bond donors (Lipinski definition) is 1. The molecule has 20 heavy (non-hydrogen) atoms. The Morgan fingerprint density at radius 1 is 1.25 bits per heavy atom. The van der Waals surface area contributed by atoms with Gasteiger partial charge in [-0.25, -0.2) is 4.98 Å². The van der Waals surface area contributed by atoms with E-state index in [0.717, 1.165) is 22.9 Å². The van der Waals surface area contributed by atoms with Gasteiger partial charge in [0.05, 0.1) is 0 Å². The Hall–Kier alpha value is -1.68. The first-order valence-electron chi connectivity index (χ1n) is 6.69. The van der Waals surface area contributed by atoms with E-state index in [2.05, 4.69) is 32.3 Å². The van der Waals surface area contributed by atoms with E-state index >= 15 is 0 Å². The smallest absolute Gasteiger partial charge is 0.256 e. The number of carbonyl (C=O) groups is 1. The van der Waals surface area contributed by atoms with Gasteiger partial charge in [-0.1, -0.05) is 6.07 Å². The van der Waals surface area contributed by atoms with Gasteiger partial charge in [0.2, 0.25) is 0 Å². The van der Waals surface area contributed by atoms with Crippen molar-refractivity contribution < 1.29 is 4.79 Å². The molecule has 4 heteroatoms. The summed E-state index contributed by atoms with van der Waals surface area (Å²) < 4.78 is 0.938. The van der Waals surface area contributed by atoms with Crippen molar-refractivity contribution in [2.45, 2.75) is 26.2 Å². The first-order chi connectivity index (χ1) is 9.63. The van der Waals surface area contributed by atoms with Crippen molar-refractivity contribution in [3.63, 3.8) is 0 Å². The molecule has 0 saturated carbocycles. The summed E-state index contributed by atoms with van der Waals surface area (Å²) >= 11 is 3.40. The summed E-state index contributed by atoms with van der Waals surface area (Å²) in [6.07, 6.45) is 5.10. The molecule has 0 fully saturated rings. The van der Waals surface area contributed by atoms with E-state index in [1.54, 1.807) is 6.20 Å². The van der Waals surface area contributed by atoms with Crippen LogP contribution in [0.1, 0.15) is 33.5 Å². The molecule has 0 atom stereocenters. The topological polar surface area (TPSA) is 42.0 Å². The maximum atomic E-state index is 12.2. The zero-order valence-electron chi connectivity index (χ0n) is 11.2. The van der Waals surface area contributed by atoms with Crippen LogP contribution in [0, 0.1) is 6.92 Å². The van der Waals surface area contributed by atoms with Crippen LogP contribution in [0.5, 0.6) is 0 Å². The molecule has 0 bridgehead atoms. The normalized spacial score (nSPS) is 13.1. The van der Waals surface area contributed by atoms with Gasteiger partial charge in [0.15, 0.2) is 0 Å². The summed E-state index contributed by atoms with van der Waals surface area (Å²) in [5, 5.41) is 2.85. The standard InChI is InChI=1S/C16H15BrN2O/c1-10-7-15(18-9-14(10)17)19-16(20)13-6-5-11-3-2-4-12(11)8-13/h5-9H,2-4H2,1H3,(H,18,19,20). The minimum absolute atomic E-state index is 0.103. The van der Waals surface area contributed by atoms with Crippen LogP contribution in [0.25, 0.3) is 0 Å². The minimum Gasteiger partial charge on any atom is -0.307 e. The lowest BCUT2D eigenvalue weighted by molar-refractivity contribution is 0.102. The number of nitrogens with zero attached hydrogens (tertiary/aromatic N) is 1. The molecule has 3 rings (SSSR count). The van der Waals surface area contributed by atoms with Crippen LogP contribution in [-0.2, 0) is 12.8 Å². The number of pyridine rings is 1. The fourth-order valence-electron chi connectivity index (χ4n) is 2.51. The monoisotopic (exact) mass is 330 g/mol. The van der Waals surface area contributed by atoms with Gasteiger partial charge in [-0.3, -0.25) is 4.79 Å². The van der Waals surface area contributed by atoms with E-state index in [-0.39, 0.29) is 5.91 Å². The SMILES string of the molecule is Cc1cc(NC(=O)c2ccc3c(c2)CCC3)ncc1Br. The maximum Gasteiger partial charge on any atom is 0.256 e. The molecule has 0 saturated heterocycles. The summed E-state index contributed by atoms with van der Waals surface area (Å²) in [5.41, 5.74) is 4.43. The van der Waals surface area contributed by atoms with Gasteiger partial charge >= 0.3 is 0 Å². The summed E-state index contributed by atoms with van der Waals surface area (Å²) in [7, 11) is 0. The number of anilines is 1. The molecule has 0 unspecified atom stereocenters. The third-order valence-electron chi connectivity index (χ3n) is 3.65. The van der Waals surface area contributed by atoms with Crippen molar-refractivity contribution >= 4 is 27.7 Å². The maximum absolute atomic E-state index is 12.2. The van der Waals surface area contributed by atoms with Gasteiger partial charge in [0.25, 0.3) is 5.91 Å². The Morgan fingerprint density at radius 3 is 2.85 bits per heavy atom. The van der Waals surface area contributed by atoms with Crippen molar-refractivity contribution in [1.29, 1.82) is 0 Å². The molecule has 1 amide bonds. The molecule has 3 nitrogen and oxygen atoms in total. The number of amides is 1. The lowest BCUT2D eigenvalue weighted by Gasteiger charge is -2.07. The second-order valence-electron chi connectivity index (χ2n) is 5.11. The van der Waals surface area contributed by atoms with Crippen molar-refractivity contribution in [2.75, 3.05) is 5.32 Å². The number of hydrogen-bond acceptors (Lipinski definition) is 2. The highest BCUT2D eigenvalue weighted by Crippen LogP contribution is 2.23. The Labute approximate surface area is 126 Å². The van der Waals surface area contributed by atoms with Crippen molar-refractivity contribution in [2.24, 2.45) is 0 Å². The van der Waals surface area contributed by atoms with Crippen LogP contribution in [0.2, 0.25) is 0 Å². The number of benzene rings is 1. The summed E-state index contributed by atoms with van der Waals surface area (Å²) in [6, 6.07) is 7.82. The highest BCUT2D eigenvalue weighted by atomic mass is 79.9. The number of nitrogens with one attached hydrogen (secondary N) is 1. The van der Waals surface area contributed by atoms with E-state index in [0.29, 0.717) is 11.4 Å². The van der Waals surface area contributed by atoms with Gasteiger partial charge in [-0.15, -0.1) is 0 Å². The second-order valence-corrected chi connectivity index (χ2v) is 5.96. The molecule has 1 aliphatic rings. The molecular weight excluding hydrogens is 316 g/mol. The number of carbonyl (C=O) groups excluding carboxylic acids is 1. The molecule has 0 radical (unpaired) electrons. The van der Waals surface area contributed by atoms with Crippen molar-refractivity contribution in [1.82, 2.24) is 4.98 Å². The number of aryl methyl sites for hydroxylation is 3. The van der Waals surface area contributed by atoms with Gasteiger partial charge in [0.1, 0.15) is 5.82 Å². The van der Waals surface area contributed by atoms with Crippen LogP contribution < -0.4 is 5.32 Å². The average molecular weight is 331 g/mol. The molecule has 0 spiro atoms.